The van der Waals surface area contributed by atoms with E-state index in [2.05, 4.69) is 11.4 Å². The maximum atomic E-state index is 8.68. The van der Waals surface area contributed by atoms with E-state index < -0.39 is 0 Å². The van der Waals surface area contributed by atoms with Crippen molar-refractivity contribution in [2.24, 2.45) is 0 Å². The molecule has 0 aromatic heterocycles. The fourth-order valence-electron chi connectivity index (χ4n) is 2.12. The van der Waals surface area contributed by atoms with Crippen molar-refractivity contribution in [3.63, 3.8) is 0 Å². The largest absolute Gasteiger partial charge is 0.494 e. The number of nitriles is 1. The standard InChI is InChI=1S/C14H18N2O/c15-11-12-4-6-14(7-5-12)17-10-8-13-3-1-2-9-16-13/h4-7,13,16H,1-3,8-10H2/t13-/m1/s1. The molecule has 1 aliphatic heterocycles. The second-order valence-electron chi connectivity index (χ2n) is 4.42. The lowest BCUT2D eigenvalue weighted by molar-refractivity contribution is 0.268. The minimum absolute atomic E-state index is 0.613. The molecule has 1 aliphatic rings. The third-order valence-electron chi connectivity index (χ3n) is 3.13. The molecule has 90 valence electrons. The van der Waals surface area contributed by atoms with Crippen molar-refractivity contribution in [2.45, 2.75) is 31.7 Å². The predicted molar refractivity (Wildman–Crippen MR) is 66.9 cm³/mol. The molecule has 0 saturated carbocycles. The summed E-state index contributed by atoms with van der Waals surface area (Å²) in [5.41, 5.74) is 0.672. The molecule has 0 spiro atoms. The quantitative estimate of drug-likeness (QED) is 0.864. The number of piperidine rings is 1. The van der Waals surface area contributed by atoms with E-state index in [9.17, 15) is 0 Å². The lowest BCUT2D eigenvalue weighted by Crippen LogP contribution is -2.35. The van der Waals surface area contributed by atoms with Crippen molar-refractivity contribution in [1.29, 1.82) is 5.26 Å². The van der Waals surface area contributed by atoms with E-state index in [-0.39, 0.29) is 0 Å². The van der Waals surface area contributed by atoms with Crippen molar-refractivity contribution in [3.05, 3.63) is 29.8 Å². The van der Waals surface area contributed by atoms with Crippen LogP contribution in [0.15, 0.2) is 24.3 Å². The number of nitrogens with zero attached hydrogens (tertiary/aromatic N) is 1. The normalized spacial score (nSPS) is 19.6. The van der Waals surface area contributed by atoms with Crippen LogP contribution in [0.5, 0.6) is 5.75 Å². The second kappa shape index (κ2) is 6.27. The highest BCUT2D eigenvalue weighted by atomic mass is 16.5. The van der Waals surface area contributed by atoms with Gasteiger partial charge in [-0.15, -0.1) is 0 Å². The lowest BCUT2D eigenvalue weighted by atomic mass is 10.0. The average Bonchev–Trinajstić information content (AvgIpc) is 2.41. The average molecular weight is 230 g/mol. The number of hydrogen-bond donors (Lipinski definition) is 1. The Morgan fingerprint density at radius 2 is 2.12 bits per heavy atom. The first-order valence-electron chi connectivity index (χ1n) is 6.25. The van der Waals surface area contributed by atoms with E-state index in [0.29, 0.717) is 11.6 Å². The summed E-state index contributed by atoms with van der Waals surface area (Å²) in [5, 5.41) is 12.2. The van der Waals surface area contributed by atoms with Gasteiger partial charge in [0.05, 0.1) is 18.2 Å². The lowest BCUT2D eigenvalue weighted by Gasteiger charge is -2.23. The van der Waals surface area contributed by atoms with Crippen LogP contribution in [-0.2, 0) is 0 Å². The number of ether oxygens (including phenoxy) is 1. The van der Waals surface area contributed by atoms with Crippen molar-refractivity contribution in [3.8, 4) is 11.8 Å². The van der Waals surface area contributed by atoms with Gasteiger partial charge in [0.1, 0.15) is 5.75 Å². The van der Waals surface area contributed by atoms with Gasteiger partial charge in [-0.25, -0.2) is 0 Å². The molecule has 1 N–H and O–H groups in total. The molecule has 2 rings (SSSR count). The van der Waals surface area contributed by atoms with Crippen LogP contribution >= 0.6 is 0 Å². The van der Waals surface area contributed by atoms with Gasteiger partial charge in [-0.3, -0.25) is 0 Å². The van der Waals surface area contributed by atoms with Crippen molar-refractivity contribution >= 4 is 0 Å². The van der Waals surface area contributed by atoms with E-state index >= 15 is 0 Å². The molecule has 0 amide bonds. The molecule has 1 atom stereocenters. The Balaban J connectivity index is 1.72. The molecule has 1 aromatic rings. The first-order valence-corrected chi connectivity index (χ1v) is 6.25. The summed E-state index contributed by atoms with van der Waals surface area (Å²) in [6.07, 6.45) is 4.94. The van der Waals surface area contributed by atoms with Gasteiger partial charge >= 0.3 is 0 Å². The third-order valence-corrected chi connectivity index (χ3v) is 3.13. The molecule has 1 heterocycles. The maximum absolute atomic E-state index is 8.68. The van der Waals surface area contributed by atoms with Gasteiger partial charge in [-0.1, -0.05) is 6.42 Å². The molecular formula is C14H18N2O. The molecule has 1 saturated heterocycles. The summed E-state index contributed by atoms with van der Waals surface area (Å²) >= 11 is 0. The van der Waals surface area contributed by atoms with E-state index in [0.717, 1.165) is 25.3 Å². The van der Waals surface area contributed by atoms with Crippen LogP contribution in [0.25, 0.3) is 0 Å². The summed E-state index contributed by atoms with van der Waals surface area (Å²) in [5.74, 6) is 0.847. The van der Waals surface area contributed by atoms with Crippen molar-refractivity contribution < 1.29 is 4.74 Å². The number of rotatable bonds is 4. The fourth-order valence-corrected chi connectivity index (χ4v) is 2.12. The summed E-state index contributed by atoms with van der Waals surface area (Å²) < 4.78 is 5.66. The molecule has 0 aliphatic carbocycles. The van der Waals surface area contributed by atoms with Crippen LogP contribution in [0.4, 0.5) is 0 Å². The minimum Gasteiger partial charge on any atom is -0.494 e. The van der Waals surface area contributed by atoms with Crippen LogP contribution in [0.2, 0.25) is 0 Å². The van der Waals surface area contributed by atoms with E-state index in [1.807, 2.05) is 12.1 Å². The van der Waals surface area contributed by atoms with Crippen LogP contribution in [-0.4, -0.2) is 19.2 Å². The van der Waals surface area contributed by atoms with E-state index in [1.54, 1.807) is 12.1 Å². The van der Waals surface area contributed by atoms with Gasteiger partial charge < -0.3 is 10.1 Å². The zero-order chi connectivity index (χ0) is 11.9. The topological polar surface area (TPSA) is 45.0 Å². The van der Waals surface area contributed by atoms with Gasteiger partial charge in [0, 0.05) is 6.04 Å². The Bertz CT molecular complexity index is 374. The van der Waals surface area contributed by atoms with Crippen LogP contribution < -0.4 is 10.1 Å². The zero-order valence-corrected chi connectivity index (χ0v) is 9.98. The summed E-state index contributed by atoms with van der Waals surface area (Å²) in [7, 11) is 0. The highest BCUT2D eigenvalue weighted by molar-refractivity contribution is 5.34. The molecule has 0 bridgehead atoms. The maximum Gasteiger partial charge on any atom is 0.119 e. The van der Waals surface area contributed by atoms with Crippen molar-refractivity contribution in [1.82, 2.24) is 5.32 Å². The zero-order valence-electron chi connectivity index (χ0n) is 9.98. The predicted octanol–water partition coefficient (Wildman–Crippen LogP) is 2.47. The fraction of sp³-hybridized carbons (Fsp3) is 0.500. The van der Waals surface area contributed by atoms with Gasteiger partial charge in [0.2, 0.25) is 0 Å². The minimum atomic E-state index is 0.613. The number of nitrogens with one attached hydrogen (secondary N) is 1. The Hall–Kier alpha value is -1.53. The molecule has 1 aromatic carbocycles. The molecule has 1 fully saturated rings. The SMILES string of the molecule is N#Cc1ccc(OCC[C@H]2CCCCN2)cc1. The Kier molecular flexibility index (Phi) is 4.40. The first-order chi connectivity index (χ1) is 8.38. The van der Waals surface area contributed by atoms with Crippen LogP contribution in [0.3, 0.4) is 0 Å². The monoisotopic (exact) mass is 230 g/mol. The van der Waals surface area contributed by atoms with E-state index in [4.69, 9.17) is 10.00 Å². The molecular weight excluding hydrogens is 212 g/mol. The van der Waals surface area contributed by atoms with Gasteiger partial charge in [-0.05, 0) is 50.1 Å². The molecule has 17 heavy (non-hydrogen) atoms. The Labute approximate surface area is 102 Å². The summed E-state index contributed by atoms with van der Waals surface area (Å²) in [6, 6.07) is 9.99. The summed E-state index contributed by atoms with van der Waals surface area (Å²) in [6.45, 7) is 1.88. The molecule has 3 heteroatoms. The molecule has 3 nitrogen and oxygen atoms in total. The first kappa shape index (κ1) is 11.9. The van der Waals surface area contributed by atoms with Crippen LogP contribution in [0, 0.1) is 11.3 Å². The second-order valence-corrected chi connectivity index (χ2v) is 4.42. The van der Waals surface area contributed by atoms with Crippen molar-refractivity contribution in [2.75, 3.05) is 13.2 Å². The highest BCUT2D eigenvalue weighted by Gasteiger charge is 2.11. The number of benzene rings is 1. The Morgan fingerprint density at radius 1 is 1.29 bits per heavy atom. The smallest absolute Gasteiger partial charge is 0.119 e. The summed E-state index contributed by atoms with van der Waals surface area (Å²) in [4.78, 5) is 0. The Morgan fingerprint density at radius 3 is 2.76 bits per heavy atom. The highest BCUT2D eigenvalue weighted by Crippen LogP contribution is 2.14. The third kappa shape index (κ3) is 3.76. The molecule has 0 unspecified atom stereocenters. The number of hydrogen-bond acceptors (Lipinski definition) is 3. The molecule has 0 radical (unpaired) electrons. The van der Waals surface area contributed by atoms with Crippen LogP contribution in [0.1, 0.15) is 31.2 Å². The van der Waals surface area contributed by atoms with Gasteiger partial charge in [0.15, 0.2) is 0 Å². The van der Waals surface area contributed by atoms with Gasteiger partial charge in [0.25, 0.3) is 0 Å². The van der Waals surface area contributed by atoms with E-state index in [1.165, 1.54) is 19.3 Å². The van der Waals surface area contributed by atoms with Gasteiger partial charge in [-0.2, -0.15) is 5.26 Å².